The lowest BCUT2D eigenvalue weighted by Gasteiger charge is -2.08. The first-order valence-corrected chi connectivity index (χ1v) is 7.21. The highest BCUT2D eigenvalue weighted by Gasteiger charge is 2.09. The Hall–Kier alpha value is -1.97. The van der Waals surface area contributed by atoms with E-state index in [-0.39, 0.29) is 5.78 Å². The highest BCUT2D eigenvalue weighted by molar-refractivity contribution is 6.42. The molecule has 0 fully saturated rings. The average Bonchev–Trinajstić information content (AvgIpc) is 2.55. The van der Waals surface area contributed by atoms with E-state index in [0.717, 1.165) is 0 Å². The van der Waals surface area contributed by atoms with Gasteiger partial charge >= 0.3 is 0 Å². The van der Waals surface area contributed by atoms with Crippen molar-refractivity contribution < 1.29 is 14.3 Å². The fourth-order valence-corrected chi connectivity index (χ4v) is 2.27. The number of hydrogen-bond donors (Lipinski definition) is 0. The monoisotopic (exact) mass is 336 g/mol. The van der Waals surface area contributed by atoms with Crippen LogP contribution in [0.3, 0.4) is 0 Å². The van der Waals surface area contributed by atoms with Gasteiger partial charge in [-0.15, -0.1) is 0 Å². The maximum Gasteiger partial charge on any atom is 0.185 e. The summed E-state index contributed by atoms with van der Waals surface area (Å²) >= 11 is 12.0. The second kappa shape index (κ2) is 7.34. The van der Waals surface area contributed by atoms with Gasteiger partial charge in [0.05, 0.1) is 24.3 Å². The minimum Gasteiger partial charge on any atom is -0.493 e. The Morgan fingerprint density at radius 3 is 2.45 bits per heavy atom. The zero-order chi connectivity index (χ0) is 16.1. The van der Waals surface area contributed by atoms with Gasteiger partial charge < -0.3 is 9.47 Å². The van der Waals surface area contributed by atoms with Gasteiger partial charge in [-0.25, -0.2) is 0 Å². The van der Waals surface area contributed by atoms with Gasteiger partial charge in [0.2, 0.25) is 0 Å². The first-order valence-electron chi connectivity index (χ1n) is 6.45. The molecule has 2 aromatic rings. The first-order chi connectivity index (χ1) is 10.6. The van der Waals surface area contributed by atoms with Gasteiger partial charge in [0.15, 0.2) is 17.3 Å². The summed E-state index contributed by atoms with van der Waals surface area (Å²) < 4.78 is 10.3. The summed E-state index contributed by atoms with van der Waals surface area (Å²) in [6.45, 7) is 0. The molecule has 0 bridgehead atoms. The van der Waals surface area contributed by atoms with Crippen LogP contribution in [-0.2, 0) is 0 Å². The van der Waals surface area contributed by atoms with Crippen molar-refractivity contribution in [2.45, 2.75) is 0 Å². The van der Waals surface area contributed by atoms with Gasteiger partial charge in [0.25, 0.3) is 0 Å². The Morgan fingerprint density at radius 1 is 1.05 bits per heavy atom. The van der Waals surface area contributed by atoms with Gasteiger partial charge in [-0.1, -0.05) is 35.3 Å². The molecule has 0 radical (unpaired) electrons. The molecular formula is C17H14Cl2O3. The first kappa shape index (κ1) is 16.4. The molecule has 0 atom stereocenters. The number of hydrogen-bond acceptors (Lipinski definition) is 3. The summed E-state index contributed by atoms with van der Waals surface area (Å²) in [5, 5.41) is 0.864. The quantitative estimate of drug-likeness (QED) is 0.575. The third-order valence-corrected chi connectivity index (χ3v) is 3.90. The number of halogens is 2. The van der Waals surface area contributed by atoms with Crippen LogP contribution < -0.4 is 9.47 Å². The molecule has 22 heavy (non-hydrogen) atoms. The predicted molar refractivity (Wildman–Crippen MR) is 89.4 cm³/mol. The van der Waals surface area contributed by atoms with Crippen LogP contribution >= 0.6 is 23.2 Å². The number of allylic oxidation sites excluding steroid dienone is 1. The molecule has 0 amide bonds. The number of benzene rings is 2. The van der Waals surface area contributed by atoms with Crippen LogP contribution in [0.4, 0.5) is 0 Å². The second-order valence-corrected chi connectivity index (χ2v) is 5.20. The lowest BCUT2D eigenvalue weighted by molar-refractivity contribution is 0.104. The molecule has 0 spiro atoms. The predicted octanol–water partition coefficient (Wildman–Crippen LogP) is 4.91. The molecule has 0 saturated heterocycles. The van der Waals surface area contributed by atoms with Crippen molar-refractivity contribution in [3.8, 4) is 11.5 Å². The molecule has 5 heteroatoms. The number of rotatable bonds is 5. The van der Waals surface area contributed by atoms with Crippen LogP contribution in [0.1, 0.15) is 15.9 Å². The number of methoxy groups -OCH3 is 2. The van der Waals surface area contributed by atoms with E-state index in [2.05, 4.69) is 0 Å². The lowest BCUT2D eigenvalue weighted by atomic mass is 10.1. The average molecular weight is 337 g/mol. The lowest BCUT2D eigenvalue weighted by Crippen LogP contribution is -1.97. The number of carbonyl (C=O) groups excluding carboxylic acids is 1. The zero-order valence-corrected chi connectivity index (χ0v) is 13.6. The number of carbonyl (C=O) groups is 1. The van der Waals surface area contributed by atoms with Gasteiger partial charge in [-0.2, -0.15) is 0 Å². The summed E-state index contributed by atoms with van der Waals surface area (Å²) in [7, 11) is 3.06. The Morgan fingerprint density at radius 2 is 1.77 bits per heavy atom. The third kappa shape index (κ3) is 3.62. The Bertz CT molecular complexity index is 724. The summed E-state index contributed by atoms with van der Waals surface area (Å²) in [6, 6.07) is 10.2. The van der Waals surface area contributed by atoms with E-state index in [4.69, 9.17) is 32.7 Å². The Labute approximate surface area is 139 Å². The van der Waals surface area contributed by atoms with Crippen molar-refractivity contribution in [2.24, 2.45) is 0 Å². The molecule has 0 unspecified atom stereocenters. The van der Waals surface area contributed by atoms with Crippen LogP contribution in [0.2, 0.25) is 10.0 Å². The van der Waals surface area contributed by atoms with Crippen molar-refractivity contribution in [3.63, 3.8) is 0 Å². The minimum atomic E-state index is -0.169. The van der Waals surface area contributed by atoms with Crippen LogP contribution in [0.25, 0.3) is 6.08 Å². The van der Waals surface area contributed by atoms with Gasteiger partial charge in [0, 0.05) is 5.56 Å². The summed E-state index contributed by atoms with van der Waals surface area (Å²) in [6.07, 6.45) is 3.08. The van der Waals surface area contributed by atoms with Crippen molar-refractivity contribution in [3.05, 3.63) is 63.6 Å². The molecule has 0 aliphatic carbocycles. The highest BCUT2D eigenvalue weighted by atomic mass is 35.5. The van der Waals surface area contributed by atoms with E-state index in [1.165, 1.54) is 13.2 Å². The van der Waals surface area contributed by atoms with Crippen LogP contribution in [-0.4, -0.2) is 20.0 Å². The maximum absolute atomic E-state index is 12.2. The molecule has 0 heterocycles. The number of ketones is 1. The normalized spacial score (nSPS) is 10.7. The second-order valence-electron chi connectivity index (χ2n) is 4.41. The smallest absolute Gasteiger partial charge is 0.185 e. The van der Waals surface area contributed by atoms with Crippen molar-refractivity contribution >= 4 is 35.1 Å². The van der Waals surface area contributed by atoms with E-state index in [9.17, 15) is 4.79 Å². The minimum absolute atomic E-state index is 0.169. The van der Waals surface area contributed by atoms with Crippen LogP contribution in [0, 0.1) is 0 Å². The van der Waals surface area contributed by atoms with Crippen molar-refractivity contribution in [1.82, 2.24) is 0 Å². The zero-order valence-electron chi connectivity index (χ0n) is 12.1. The van der Waals surface area contributed by atoms with Gasteiger partial charge in [-0.3, -0.25) is 4.79 Å². The summed E-state index contributed by atoms with van der Waals surface area (Å²) in [5.74, 6) is 0.903. The topological polar surface area (TPSA) is 35.5 Å². The summed E-state index contributed by atoms with van der Waals surface area (Å²) in [5.41, 5.74) is 1.18. The SMILES string of the molecule is COc1ccc(C(=O)/C=C/c2cccc(Cl)c2Cl)cc1OC. The molecule has 3 nitrogen and oxygen atoms in total. The molecule has 0 aromatic heterocycles. The molecule has 0 aliphatic heterocycles. The highest BCUT2D eigenvalue weighted by Crippen LogP contribution is 2.29. The molecule has 2 rings (SSSR count). The molecule has 0 N–H and O–H groups in total. The van der Waals surface area contributed by atoms with E-state index >= 15 is 0 Å². The van der Waals surface area contributed by atoms with E-state index in [1.807, 2.05) is 0 Å². The molecule has 0 saturated carbocycles. The van der Waals surface area contributed by atoms with E-state index in [1.54, 1.807) is 49.6 Å². The molecule has 0 aliphatic rings. The van der Waals surface area contributed by atoms with E-state index < -0.39 is 0 Å². The molecule has 114 valence electrons. The Balaban J connectivity index is 2.25. The molecular weight excluding hydrogens is 323 g/mol. The Kier molecular flexibility index (Phi) is 5.47. The number of ether oxygens (including phenoxy) is 2. The fourth-order valence-electron chi connectivity index (χ4n) is 1.90. The third-order valence-electron chi connectivity index (χ3n) is 3.06. The summed E-state index contributed by atoms with van der Waals surface area (Å²) in [4.78, 5) is 12.2. The van der Waals surface area contributed by atoms with Crippen molar-refractivity contribution in [2.75, 3.05) is 14.2 Å². The fraction of sp³-hybridized carbons (Fsp3) is 0.118. The van der Waals surface area contributed by atoms with E-state index in [0.29, 0.717) is 32.7 Å². The van der Waals surface area contributed by atoms with Gasteiger partial charge in [-0.05, 0) is 42.0 Å². The maximum atomic E-state index is 12.2. The largest absolute Gasteiger partial charge is 0.493 e. The molecule has 2 aromatic carbocycles. The van der Waals surface area contributed by atoms with Gasteiger partial charge in [0.1, 0.15) is 0 Å². The van der Waals surface area contributed by atoms with Crippen LogP contribution in [0.5, 0.6) is 11.5 Å². The van der Waals surface area contributed by atoms with Crippen molar-refractivity contribution in [1.29, 1.82) is 0 Å². The standard InChI is InChI=1S/C17H14Cl2O3/c1-21-15-9-7-12(10-16(15)22-2)14(20)8-6-11-4-3-5-13(18)17(11)19/h3-10H,1-2H3/b8-6+. The van der Waals surface area contributed by atoms with Crippen LogP contribution in [0.15, 0.2) is 42.5 Å².